The number of halogens is 1. The van der Waals surface area contributed by atoms with Crippen molar-refractivity contribution in [1.82, 2.24) is 9.55 Å². The van der Waals surface area contributed by atoms with Crippen LogP contribution in [0.3, 0.4) is 0 Å². The molecule has 1 aromatic carbocycles. The van der Waals surface area contributed by atoms with Gasteiger partial charge in [-0.25, -0.2) is 4.98 Å². The van der Waals surface area contributed by atoms with Crippen LogP contribution in [-0.4, -0.2) is 34.7 Å². The number of ether oxygens (including phenoxy) is 2. The summed E-state index contributed by atoms with van der Waals surface area (Å²) in [6.45, 7) is 0. The SMILES string of the molecule is COc1ccc2nc(CCCl)n(C3CC4CCC3O4)c2c1. The first-order chi connectivity index (χ1) is 10.3. The molecule has 112 valence electrons. The van der Waals surface area contributed by atoms with E-state index in [0.29, 0.717) is 24.1 Å². The third kappa shape index (κ3) is 2.12. The fourth-order valence-corrected chi connectivity index (χ4v) is 3.93. The molecule has 0 spiro atoms. The Bertz CT molecular complexity index is 670. The van der Waals surface area contributed by atoms with Crippen molar-refractivity contribution < 1.29 is 9.47 Å². The zero-order valence-corrected chi connectivity index (χ0v) is 12.8. The van der Waals surface area contributed by atoms with Crippen LogP contribution < -0.4 is 4.74 Å². The van der Waals surface area contributed by atoms with E-state index in [4.69, 9.17) is 26.1 Å². The predicted molar refractivity (Wildman–Crippen MR) is 82.3 cm³/mol. The summed E-state index contributed by atoms with van der Waals surface area (Å²) in [4.78, 5) is 4.77. The first kappa shape index (κ1) is 13.4. The van der Waals surface area contributed by atoms with E-state index in [0.717, 1.165) is 41.9 Å². The maximum Gasteiger partial charge on any atom is 0.121 e. The van der Waals surface area contributed by atoms with Gasteiger partial charge in [-0.15, -0.1) is 11.6 Å². The zero-order chi connectivity index (χ0) is 14.4. The van der Waals surface area contributed by atoms with Gasteiger partial charge in [-0.2, -0.15) is 0 Å². The molecule has 2 aliphatic rings. The van der Waals surface area contributed by atoms with Gasteiger partial charge in [0.15, 0.2) is 0 Å². The number of methoxy groups -OCH3 is 1. The predicted octanol–water partition coefficient (Wildman–Crippen LogP) is 3.32. The molecule has 2 bridgehead atoms. The number of nitrogens with zero attached hydrogens (tertiary/aromatic N) is 2. The van der Waals surface area contributed by atoms with Crippen LogP contribution in [0.2, 0.25) is 0 Å². The Balaban J connectivity index is 1.85. The number of benzene rings is 1. The normalized spacial score (nSPS) is 27.6. The van der Waals surface area contributed by atoms with Gasteiger partial charge in [-0.3, -0.25) is 0 Å². The number of hydrogen-bond donors (Lipinski definition) is 0. The number of fused-ring (bicyclic) bond motifs is 3. The Hall–Kier alpha value is -1.26. The Morgan fingerprint density at radius 2 is 2.33 bits per heavy atom. The Labute approximate surface area is 129 Å². The van der Waals surface area contributed by atoms with Crippen molar-refractivity contribution in [2.45, 2.75) is 43.9 Å². The monoisotopic (exact) mass is 306 g/mol. The summed E-state index contributed by atoms with van der Waals surface area (Å²) in [6, 6.07) is 6.45. The molecule has 5 heteroatoms. The largest absolute Gasteiger partial charge is 0.497 e. The minimum Gasteiger partial charge on any atom is -0.497 e. The summed E-state index contributed by atoms with van der Waals surface area (Å²) in [5, 5.41) is 0. The maximum atomic E-state index is 6.03. The fraction of sp³-hybridized carbons (Fsp3) is 0.562. The molecule has 1 aromatic heterocycles. The molecule has 0 radical (unpaired) electrons. The minimum atomic E-state index is 0.327. The van der Waals surface area contributed by atoms with Crippen molar-refractivity contribution in [2.24, 2.45) is 0 Å². The van der Waals surface area contributed by atoms with E-state index in [1.54, 1.807) is 7.11 Å². The molecular weight excluding hydrogens is 288 g/mol. The van der Waals surface area contributed by atoms with E-state index >= 15 is 0 Å². The number of alkyl halides is 1. The second kappa shape index (κ2) is 5.18. The van der Waals surface area contributed by atoms with Crippen molar-refractivity contribution in [3.8, 4) is 5.75 Å². The zero-order valence-electron chi connectivity index (χ0n) is 12.1. The molecule has 0 aliphatic carbocycles. The number of rotatable bonds is 4. The Morgan fingerprint density at radius 3 is 3.00 bits per heavy atom. The third-order valence-electron chi connectivity index (χ3n) is 4.69. The number of imidazole rings is 1. The van der Waals surface area contributed by atoms with Gasteiger partial charge in [0.1, 0.15) is 11.6 Å². The van der Waals surface area contributed by atoms with Crippen molar-refractivity contribution in [2.75, 3.05) is 13.0 Å². The van der Waals surface area contributed by atoms with Crippen LogP contribution in [0.15, 0.2) is 18.2 Å². The lowest BCUT2D eigenvalue weighted by Crippen LogP contribution is -2.22. The summed E-state index contributed by atoms with van der Waals surface area (Å²) >= 11 is 5.97. The van der Waals surface area contributed by atoms with Crippen LogP contribution in [0.5, 0.6) is 5.75 Å². The summed E-state index contributed by atoms with van der Waals surface area (Å²) < 4.78 is 13.8. The molecule has 4 nitrogen and oxygen atoms in total. The summed E-state index contributed by atoms with van der Waals surface area (Å²) in [5.41, 5.74) is 2.15. The Morgan fingerprint density at radius 1 is 1.43 bits per heavy atom. The van der Waals surface area contributed by atoms with Gasteiger partial charge in [0.2, 0.25) is 0 Å². The Kier molecular flexibility index (Phi) is 3.31. The van der Waals surface area contributed by atoms with Gasteiger partial charge in [-0.1, -0.05) is 0 Å². The van der Waals surface area contributed by atoms with Gasteiger partial charge in [0.25, 0.3) is 0 Å². The summed E-state index contributed by atoms with van der Waals surface area (Å²) in [5.74, 6) is 2.52. The number of hydrogen-bond acceptors (Lipinski definition) is 3. The van der Waals surface area contributed by atoms with Crippen molar-refractivity contribution in [1.29, 1.82) is 0 Å². The van der Waals surface area contributed by atoms with Crippen LogP contribution >= 0.6 is 11.6 Å². The van der Waals surface area contributed by atoms with Crippen LogP contribution in [0.1, 0.15) is 31.1 Å². The highest BCUT2D eigenvalue weighted by molar-refractivity contribution is 6.17. The highest BCUT2D eigenvalue weighted by Crippen LogP contribution is 2.43. The number of aryl methyl sites for hydroxylation is 1. The smallest absolute Gasteiger partial charge is 0.121 e. The lowest BCUT2D eigenvalue weighted by molar-refractivity contribution is 0.0940. The molecule has 2 fully saturated rings. The lowest BCUT2D eigenvalue weighted by Gasteiger charge is -2.23. The van der Waals surface area contributed by atoms with E-state index in [1.807, 2.05) is 12.1 Å². The van der Waals surface area contributed by atoms with Crippen molar-refractivity contribution in [3.05, 3.63) is 24.0 Å². The molecule has 0 amide bonds. The van der Waals surface area contributed by atoms with Gasteiger partial charge in [0.05, 0.1) is 36.4 Å². The average molecular weight is 307 g/mol. The molecule has 0 saturated carbocycles. The summed E-state index contributed by atoms with van der Waals surface area (Å²) in [6.07, 6.45) is 4.97. The van der Waals surface area contributed by atoms with Crippen LogP contribution in [0, 0.1) is 0 Å². The van der Waals surface area contributed by atoms with E-state index < -0.39 is 0 Å². The molecular formula is C16H19ClN2O2. The molecule has 4 rings (SSSR count). The molecule has 2 aromatic rings. The molecule has 3 heterocycles. The van der Waals surface area contributed by atoms with Crippen LogP contribution in [0.25, 0.3) is 11.0 Å². The lowest BCUT2D eigenvalue weighted by atomic mass is 9.95. The second-order valence-electron chi connectivity index (χ2n) is 5.87. The molecule has 3 atom stereocenters. The average Bonchev–Trinajstić information content (AvgIpc) is 3.19. The van der Waals surface area contributed by atoms with Gasteiger partial charge in [0, 0.05) is 18.4 Å². The highest BCUT2D eigenvalue weighted by atomic mass is 35.5. The van der Waals surface area contributed by atoms with E-state index in [1.165, 1.54) is 6.42 Å². The van der Waals surface area contributed by atoms with Crippen molar-refractivity contribution in [3.63, 3.8) is 0 Å². The first-order valence-corrected chi connectivity index (χ1v) is 8.10. The van der Waals surface area contributed by atoms with E-state index in [2.05, 4.69) is 10.6 Å². The first-order valence-electron chi connectivity index (χ1n) is 7.56. The van der Waals surface area contributed by atoms with E-state index in [9.17, 15) is 0 Å². The van der Waals surface area contributed by atoms with E-state index in [-0.39, 0.29) is 0 Å². The minimum absolute atomic E-state index is 0.327. The maximum absolute atomic E-state index is 6.03. The molecule has 2 saturated heterocycles. The number of aromatic nitrogens is 2. The van der Waals surface area contributed by atoms with Gasteiger partial charge < -0.3 is 14.0 Å². The second-order valence-corrected chi connectivity index (χ2v) is 6.25. The highest BCUT2D eigenvalue weighted by Gasteiger charge is 2.42. The quantitative estimate of drug-likeness (QED) is 0.813. The topological polar surface area (TPSA) is 36.3 Å². The van der Waals surface area contributed by atoms with Gasteiger partial charge >= 0.3 is 0 Å². The van der Waals surface area contributed by atoms with Crippen molar-refractivity contribution >= 4 is 22.6 Å². The molecule has 21 heavy (non-hydrogen) atoms. The third-order valence-corrected chi connectivity index (χ3v) is 4.88. The standard InChI is InChI=1S/C16H19ClN2O2/c1-20-10-2-4-12-13(8-10)19(16(18-12)6-7-17)14-9-11-3-5-15(14)21-11/h2,4,8,11,14-15H,3,5-7,9H2,1H3. The molecule has 2 aliphatic heterocycles. The van der Waals surface area contributed by atoms with Crippen LogP contribution in [0.4, 0.5) is 0 Å². The summed E-state index contributed by atoms with van der Waals surface area (Å²) in [7, 11) is 1.70. The van der Waals surface area contributed by atoms with Crippen LogP contribution in [-0.2, 0) is 11.2 Å². The van der Waals surface area contributed by atoms with Gasteiger partial charge in [-0.05, 0) is 31.4 Å². The fourth-order valence-electron chi connectivity index (χ4n) is 3.76. The molecule has 0 N–H and O–H groups in total. The molecule has 3 unspecified atom stereocenters.